The van der Waals surface area contributed by atoms with Crippen LogP contribution < -0.4 is 4.74 Å². The number of rotatable bonds is 5. The molecule has 0 saturated carbocycles. The van der Waals surface area contributed by atoms with Gasteiger partial charge < -0.3 is 19.3 Å². The Morgan fingerprint density at radius 1 is 1.33 bits per heavy atom. The smallest absolute Gasteiger partial charge is 0.387 e. The van der Waals surface area contributed by atoms with E-state index in [2.05, 4.69) is 9.64 Å². The summed E-state index contributed by atoms with van der Waals surface area (Å²) < 4.78 is 31.3. The second-order valence-corrected chi connectivity index (χ2v) is 6.81. The normalized spacial score (nSPS) is 25.7. The van der Waals surface area contributed by atoms with E-state index in [1.54, 1.807) is 12.3 Å². The predicted molar refractivity (Wildman–Crippen MR) is 83.6 cm³/mol. The molecule has 1 aromatic heterocycles. The molecule has 5 nitrogen and oxygen atoms in total. The number of fused-ring (bicyclic) bond motifs is 3. The van der Waals surface area contributed by atoms with Crippen LogP contribution in [0.5, 0.6) is 5.75 Å². The van der Waals surface area contributed by atoms with Crippen molar-refractivity contribution in [2.45, 2.75) is 26.0 Å². The minimum Gasteiger partial charge on any atom is -0.478 e. The topological polar surface area (TPSA) is 54.7 Å². The fourth-order valence-corrected chi connectivity index (χ4v) is 4.14. The van der Waals surface area contributed by atoms with E-state index in [9.17, 15) is 18.7 Å². The molecule has 24 heavy (non-hydrogen) atoms. The number of carboxylic acids is 1. The lowest BCUT2D eigenvalue weighted by molar-refractivity contribution is -0.0497. The highest BCUT2D eigenvalue weighted by Crippen LogP contribution is 2.42. The van der Waals surface area contributed by atoms with E-state index >= 15 is 0 Å². The van der Waals surface area contributed by atoms with E-state index in [1.807, 2.05) is 4.57 Å². The average Bonchev–Trinajstić information content (AvgIpc) is 3.20. The van der Waals surface area contributed by atoms with Crippen LogP contribution in [0.3, 0.4) is 0 Å². The van der Waals surface area contributed by atoms with Crippen LogP contribution in [0.15, 0.2) is 24.4 Å². The first kappa shape index (κ1) is 15.4. The third-order valence-electron chi connectivity index (χ3n) is 5.29. The first-order valence-corrected chi connectivity index (χ1v) is 7.99. The summed E-state index contributed by atoms with van der Waals surface area (Å²) in [4.78, 5) is 13.9. The zero-order valence-corrected chi connectivity index (χ0v) is 13.0. The number of nitrogens with zero attached hydrogens (tertiary/aromatic N) is 2. The minimum absolute atomic E-state index is 0.0470. The molecular formula is C17H18F2N2O3. The summed E-state index contributed by atoms with van der Waals surface area (Å²) in [5.41, 5.74) is 0.976. The fourth-order valence-electron chi connectivity index (χ4n) is 4.14. The Kier molecular flexibility index (Phi) is 3.49. The molecule has 1 aromatic carbocycles. The van der Waals surface area contributed by atoms with Gasteiger partial charge in [0.25, 0.3) is 0 Å². The molecule has 2 aliphatic heterocycles. The Morgan fingerprint density at radius 2 is 2.08 bits per heavy atom. The van der Waals surface area contributed by atoms with Crippen LogP contribution in [0.1, 0.15) is 23.2 Å². The summed E-state index contributed by atoms with van der Waals surface area (Å²) >= 11 is 0. The Morgan fingerprint density at radius 3 is 2.67 bits per heavy atom. The van der Waals surface area contributed by atoms with Gasteiger partial charge >= 0.3 is 12.6 Å². The maximum absolute atomic E-state index is 12.5. The summed E-state index contributed by atoms with van der Waals surface area (Å²) in [6.07, 6.45) is 3.79. The molecule has 4 rings (SSSR count). The van der Waals surface area contributed by atoms with Crippen molar-refractivity contribution in [1.82, 2.24) is 9.47 Å². The van der Waals surface area contributed by atoms with Gasteiger partial charge in [-0.2, -0.15) is 8.78 Å². The van der Waals surface area contributed by atoms with Crippen molar-refractivity contribution in [2.24, 2.45) is 5.41 Å². The highest BCUT2D eigenvalue weighted by molar-refractivity contribution is 6.03. The molecule has 2 saturated heterocycles. The van der Waals surface area contributed by atoms with Gasteiger partial charge in [0.2, 0.25) is 0 Å². The number of alkyl halides is 2. The van der Waals surface area contributed by atoms with Crippen LogP contribution in [0.25, 0.3) is 10.9 Å². The number of benzene rings is 1. The van der Waals surface area contributed by atoms with Gasteiger partial charge in [0.05, 0.1) is 11.1 Å². The zero-order chi connectivity index (χ0) is 16.9. The molecule has 2 fully saturated rings. The van der Waals surface area contributed by atoms with Crippen molar-refractivity contribution in [3.8, 4) is 5.75 Å². The Hall–Kier alpha value is -2.15. The molecule has 128 valence electrons. The molecule has 2 aliphatic rings. The average molecular weight is 336 g/mol. The van der Waals surface area contributed by atoms with Crippen LogP contribution in [-0.2, 0) is 6.54 Å². The third kappa shape index (κ3) is 2.53. The lowest BCUT2D eigenvalue weighted by Gasteiger charge is -2.26. The first-order valence-electron chi connectivity index (χ1n) is 7.99. The number of aromatic nitrogens is 1. The van der Waals surface area contributed by atoms with Gasteiger partial charge in [-0.25, -0.2) is 4.79 Å². The van der Waals surface area contributed by atoms with Crippen molar-refractivity contribution in [2.75, 3.05) is 19.6 Å². The molecule has 3 heterocycles. The number of halogens is 2. The third-order valence-corrected chi connectivity index (χ3v) is 5.29. The standard InChI is InChI=1S/C17H18F2N2O3/c18-16(19)24-11-1-2-12-13(15(22)23)8-21(14(12)7-11)10-17-3-5-20(9-17)6-4-17/h1-2,7-8,16H,3-6,9-10H2,(H,22,23). The monoisotopic (exact) mass is 336 g/mol. The number of piperidine rings is 1. The van der Waals surface area contributed by atoms with Crippen LogP contribution in [0, 0.1) is 5.41 Å². The summed E-state index contributed by atoms with van der Waals surface area (Å²) in [7, 11) is 0. The second kappa shape index (κ2) is 5.44. The number of ether oxygens (including phenoxy) is 1. The summed E-state index contributed by atoms with van der Waals surface area (Å²) in [6.45, 7) is 0.963. The van der Waals surface area contributed by atoms with Gasteiger partial charge in [0.1, 0.15) is 5.75 Å². The lowest BCUT2D eigenvalue weighted by atomic mass is 9.84. The highest BCUT2D eigenvalue weighted by atomic mass is 19.3. The minimum atomic E-state index is -2.90. The maximum Gasteiger partial charge on any atom is 0.387 e. The van der Waals surface area contributed by atoms with Gasteiger partial charge in [-0.3, -0.25) is 0 Å². The molecular weight excluding hydrogens is 318 g/mol. The first-order chi connectivity index (χ1) is 11.5. The van der Waals surface area contributed by atoms with Crippen LogP contribution >= 0.6 is 0 Å². The number of aromatic carboxylic acids is 1. The second-order valence-electron chi connectivity index (χ2n) is 6.81. The van der Waals surface area contributed by atoms with Gasteiger partial charge in [0, 0.05) is 36.2 Å². The Bertz CT molecular complexity index is 794. The quantitative estimate of drug-likeness (QED) is 0.912. The van der Waals surface area contributed by atoms with Gasteiger partial charge in [0.15, 0.2) is 0 Å². The van der Waals surface area contributed by atoms with Crippen LogP contribution in [-0.4, -0.2) is 46.8 Å². The van der Waals surface area contributed by atoms with E-state index in [0.717, 1.165) is 32.5 Å². The largest absolute Gasteiger partial charge is 0.478 e. The Labute approximate surface area is 137 Å². The molecule has 0 unspecified atom stereocenters. The fraction of sp³-hybridized carbons (Fsp3) is 0.471. The number of carbonyl (C=O) groups is 1. The van der Waals surface area contributed by atoms with Crippen molar-refractivity contribution >= 4 is 16.9 Å². The van der Waals surface area contributed by atoms with Gasteiger partial charge in [-0.05, 0) is 38.1 Å². The van der Waals surface area contributed by atoms with Crippen molar-refractivity contribution in [3.05, 3.63) is 30.0 Å². The number of carboxylic acid groups (broad SMARTS) is 1. The van der Waals surface area contributed by atoms with E-state index in [-0.39, 0.29) is 16.7 Å². The molecule has 0 spiro atoms. The maximum atomic E-state index is 12.5. The molecule has 0 amide bonds. The molecule has 0 atom stereocenters. The van der Waals surface area contributed by atoms with Crippen molar-refractivity contribution in [1.29, 1.82) is 0 Å². The predicted octanol–water partition coefficient (Wildman–Crippen LogP) is 3.04. The van der Waals surface area contributed by atoms with E-state index in [4.69, 9.17) is 0 Å². The highest BCUT2D eigenvalue weighted by Gasteiger charge is 2.43. The van der Waals surface area contributed by atoms with E-state index in [1.165, 1.54) is 12.1 Å². The van der Waals surface area contributed by atoms with Crippen molar-refractivity contribution in [3.63, 3.8) is 0 Å². The molecule has 0 aliphatic carbocycles. The van der Waals surface area contributed by atoms with Crippen LogP contribution in [0.2, 0.25) is 0 Å². The van der Waals surface area contributed by atoms with Crippen molar-refractivity contribution < 1.29 is 23.4 Å². The number of hydrogen-bond donors (Lipinski definition) is 1. The lowest BCUT2D eigenvalue weighted by Crippen LogP contribution is -2.25. The molecule has 2 aromatic rings. The number of hydrogen-bond acceptors (Lipinski definition) is 3. The zero-order valence-electron chi connectivity index (χ0n) is 13.0. The van der Waals surface area contributed by atoms with Crippen LogP contribution in [0.4, 0.5) is 8.78 Å². The molecule has 1 N–H and O–H groups in total. The van der Waals surface area contributed by atoms with E-state index in [0.29, 0.717) is 17.4 Å². The molecule has 0 radical (unpaired) electrons. The summed E-state index contributed by atoms with van der Waals surface area (Å²) in [5.74, 6) is -0.969. The SMILES string of the molecule is O=C(O)c1cn(CC23CCN(CC2)C3)c2cc(OC(F)F)ccc12. The summed E-state index contributed by atoms with van der Waals surface area (Å²) in [5, 5.41) is 9.98. The molecule has 2 bridgehead atoms. The van der Waals surface area contributed by atoms with E-state index < -0.39 is 12.6 Å². The van der Waals surface area contributed by atoms with Gasteiger partial charge in [-0.15, -0.1) is 0 Å². The Balaban J connectivity index is 1.76. The summed E-state index contributed by atoms with van der Waals surface area (Å²) in [6, 6.07) is 4.43. The van der Waals surface area contributed by atoms with Gasteiger partial charge in [-0.1, -0.05) is 0 Å². The molecule has 7 heteroatoms.